The molecule has 3 rings (SSSR count). The first-order chi connectivity index (χ1) is 15.2. The van der Waals surface area contributed by atoms with Crippen LogP contribution in [-0.2, 0) is 11.3 Å². The molecule has 0 amide bonds. The summed E-state index contributed by atoms with van der Waals surface area (Å²) in [5.74, 6) is 2.54. The highest BCUT2D eigenvalue weighted by Gasteiger charge is 2.23. The van der Waals surface area contributed by atoms with Crippen LogP contribution >= 0.6 is 24.0 Å². The Morgan fingerprint density at radius 3 is 2.47 bits per heavy atom. The predicted molar refractivity (Wildman–Crippen MR) is 144 cm³/mol. The summed E-state index contributed by atoms with van der Waals surface area (Å²) < 4.78 is 5.50. The number of aliphatic imine (C=N–C) groups is 1. The van der Waals surface area contributed by atoms with Crippen molar-refractivity contribution in [3.63, 3.8) is 0 Å². The zero-order chi connectivity index (χ0) is 21.9. The lowest BCUT2D eigenvalue weighted by Crippen LogP contribution is -2.49. The molecule has 8 heteroatoms. The SMILES string of the molecule is CCNC(=NCc1cccnc1N1CCOCC1)NCC(C(C)C)N1CCCCCC1.I. The number of nitrogens with zero attached hydrogens (tertiary/aromatic N) is 4. The Hall–Kier alpha value is -1.13. The van der Waals surface area contributed by atoms with Gasteiger partial charge in [0.15, 0.2) is 5.96 Å². The Kier molecular flexibility index (Phi) is 12.6. The van der Waals surface area contributed by atoms with Crippen LogP contribution in [0, 0.1) is 5.92 Å². The monoisotopic (exact) mass is 558 g/mol. The van der Waals surface area contributed by atoms with Gasteiger partial charge in [0.05, 0.1) is 19.8 Å². The van der Waals surface area contributed by atoms with Gasteiger partial charge in [-0.3, -0.25) is 4.90 Å². The van der Waals surface area contributed by atoms with Gasteiger partial charge in [-0.15, -0.1) is 24.0 Å². The van der Waals surface area contributed by atoms with Gasteiger partial charge in [-0.25, -0.2) is 9.98 Å². The summed E-state index contributed by atoms with van der Waals surface area (Å²) in [5, 5.41) is 7.06. The molecule has 0 spiro atoms. The molecule has 2 aliphatic heterocycles. The third kappa shape index (κ3) is 8.33. The molecule has 1 unspecified atom stereocenters. The second-order valence-electron chi connectivity index (χ2n) is 8.92. The van der Waals surface area contributed by atoms with Crippen molar-refractivity contribution in [1.29, 1.82) is 0 Å². The number of hydrogen-bond acceptors (Lipinski definition) is 5. The molecule has 0 radical (unpaired) electrons. The van der Waals surface area contributed by atoms with Crippen molar-refractivity contribution >= 4 is 35.8 Å². The molecule has 2 saturated heterocycles. The van der Waals surface area contributed by atoms with Crippen LogP contribution in [0.4, 0.5) is 5.82 Å². The number of hydrogen-bond donors (Lipinski definition) is 2. The van der Waals surface area contributed by atoms with E-state index < -0.39 is 0 Å². The summed E-state index contributed by atoms with van der Waals surface area (Å²) >= 11 is 0. The number of rotatable bonds is 8. The van der Waals surface area contributed by atoms with E-state index in [4.69, 9.17) is 9.73 Å². The van der Waals surface area contributed by atoms with Gasteiger partial charge in [-0.05, 0) is 44.8 Å². The summed E-state index contributed by atoms with van der Waals surface area (Å²) in [7, 11) is 0. The van der Waals surface area contributed by atoms with Gasteiger partial charge in [0, 0.05) is 44.0 Å². The maximum absolute atomic E-state index is 5.50. The average molecular weight is 559 g/mol. The molecular formula is C24H43IN6O. The fraction of sp³-hybridized carbons (Fsp3) is 0.750. The van der Waals surface area contributed by atoms with Crippen LogP contribution in [0.15, 0.2) is 23.3 Å². The molecule has 7 nitrogen and oxygen atoms in total. The Morgan fingerprint density at radius 1 is 1.09 bits per heavy atom. The molecule has 2 aliphatic rings. The molecule has 2 N–H and O–H groups in total. The molecule has 32 heavy (non-hydrogen) atoms. The highest BCUT2D eigenvalue weighted by molar-refractivity contribution is 14.0. The number of aromatic nitrogens is 1. The van der Waals surface area contributed by atoms with Crippen LogP contribution in [0.2, 0.25) is 0 Å². The molecule has 0 aliphatic carbocycles. The number of nitrogens with one attached hydrogen (secondary N) is 2. The van der Waals surface area contributed by atoms with Crippen molar-refractivity contribution in [2.24, 2.45) is 10.9 Å². The summed E-state index contributed by atoms with van der Waals surface area (Å²) in [4.78, 5) is 14.6. The summed E-state index contributed by atoms with van der Waals surface area (Å²) in [6, 6.07) is 4.67. The van der Waals surface area contributed by atoms with Gasteiger partial charge in [0.25, 0.3) is 0 Å². The highest BCUT2D eigenvalue weighted by atomic mass is 127. The molecule has 0 saturated carbocycles. The lowest BCUT2D eigenvalue weighted by Gasteiger charge is -2.34. The van der Waals surface area contributed by atoms with E-state index >= 15 is 0 Å². The van der Waals surface area contributed by atoms with Gasteiger partial charge >= 0.3 is 0 Å². The third-order valence-corrected chi connectivity index (χ3v) is 6.29. The van der Waals surface area contributed by atoms with Gasteiger partial charge in [-0.1, -0.05) is 32.8 Å². The second kappa shape index (κ2) is 14.9. The smallest absolute Gasteiger partial charge is 0.191 e. The van der Waals surface area contributed by atoms with Crippen LogP contribution in [-0.4, -0.2) is 74.4 Å². The summed E-state index contributed by atoms with van der Waals surface area (Å²) in [6.07, 6.45) is 7.26. The number of guanidine groups is 1. The highest BCUT2D eigenvalue weighted by Crippen LogP contribution is 2.20. The van der Waals surface area contributed by atoms with Crippen molar-refractivity contribution in [3.8, 4) is 0 Å². The number of halogens is 1. The molecule has 0 bridgehead atoms. The van der Waals surface area contributed by atoms with E-state index in [1.165, 1.54) is 38.8 Å². The number of ether oxygens (including phenoxy) is 1. The van der Waals surface area contributed by atoms with E-state index in [0.29, 0.717) is 18.5 Å². The minimum Gasteiger partial charge on any atom is -0.378 e. The van der Waals surface area contributed by atoms with E-state index in [0.717, 1.165) is 56.7 Å². The minimum absolute atomic E-state index is 0. The lowest BCUT2D eigenvalue weighted by molar-refractivity contribution is 0.122. The van der Waals surface area contributed by atoms with E-state index in [1.54, 1.807) is 0 Å². The van der Waals surface area contributed by atoms with E-state index in [9.17, 15) is 0 Å². The third-order valence-electron chi connectivity index (χ3n) is 6.29. The largest absolute Gasteiger partial charge is 0.378 e. The van der Waals surface area contributed by atoms with E-state index in [-0.39, 0.29) is 24.0 Å². The maximum Gasteiger partial charge on any atom is 0.191 e. The van der Waals surface area contributed by atoms with Crippen LogP contribution in [0.5, 0.6) is 0 Å². The maximum atomic E-state index is 5.50. The first-order valence-electron chi connectivity index (χ1n) is 12.2. The minimum atomic E-state index is 0. The number of morpholine rings is 1. The Bertz CT molecular complexity index is 672. The van der Waals surface area contributed by atoms with Crippen LogP contribution in [0.25, 0.3) is 0 Å². The molecule has 1 aromatic rings. The number of likely N-dealkylation sites (tertiary alicyclic amines) is 1. The topological polar surface area (TPSA) is 65.0 Å². The van der Waals surface area contributed by atoms with Crippen LogP contribution in [0.1, 0.15) is 52.0 Å². The number of pyridine rings is 1. The van der Waals surface area contributed by atoms with Crippen LogP contribution < -0.4 is 15.5 Å². The van der Waals surface area contributed by atoms with Gasteiger partial charge in [0.2, 0.25) is 0 Å². The fourth-order valence-electron chi connectivity index (χ4n) is 4.53. The Morgan fingerprint density at radius 2 is 1.81 bits per heavy atom. The molecule has 182 valence electrons. The predicted octanol–water partition coefficient (Wildman–Crippen LogP) is 3.49. The van der Waals surface area contributed by atoms with Gasteiger partial charge in [0.1, 0.15) is 5.82 Å². The molecule has 2 fully saturated rings. The molecule has 0 aromatic carbocycles. The zero-order valence-electron chi connectivity index (χ0n) is 20.2. The van der Waals surface area contributed by atoms with E-state index in [1.807, 2.05) is 12.3 Å². The van der Waals surface area contributed by atoms with Crippen molar-refractivity contribution in [3.05, 3.63) is 23.9 Å². The van der Waals surface area contributed by atoms with Crippen molar-refractivity contribution in [1.82, 2.24) is 20.5 Å². The molecule has 3 heterocycles. The van der Waals surface area contributed by atoms with Crippen molar-refractivity contribution < 1.29 is 4.74 Å². The number of anilines is 1. The first kappa shape index (κ1) is 27.1. The quantitative estimate of drug-likeness (QED) is 0.290. The second-order valence-corrected chi connectivity index (χ2v) is 8.92. The summed E-state index contributed by atoms with van der Waals surface area (Å²) in [5.41, 5.74) is 1.16. The Balaban J connectivity index is 0.00000363. The first-order valence-corrected chi connectivity index (χ1v) is 12.2. The van der Waals surface area contributed by atoms with Gasteiger partial charge < -0.3 is 20.3 Å². The standard InChI is InChI=1S/C24H42N6O.HI/c1-4-25-24(28-19-22(20(2)3)29-12-7-5-6-8-13-29)27-18-21-10-9-11-26-23(21)30-14-16-31-17-15-30;/h9-11,20,22H,4-8,12-19H2,1-3H3,(H2,25,27,28);1H. The summed E-state index contributed by atoms with van der Waals surface area (Å²) in [6.45, 7) is 14.9. The zero-order valence-corrected chi connectivity index (χ0v) is 22.5. The average Bonchev–Trinajstić information content (AvgIpc) is 3.07. The van der Waals surface area contributed by atoms with Crippen molar-refractivity contribution in [2.45, 2.75) is 59.0 Å². The molecule has 1 atom stereocenters. The normalized spacial score (nSPS) is 19.2. The Labute approximate surface area is 211 Å². The fourth-order valence-corrected chi connectivity index (χ4v) is 4.53. The van der Waals surface area contributed by atoms with Crippen LogP contribution in [0.3, 0.4) is 0 Å². The van der Waals surface area contributed by atoms with Crippen molar-refractivity contribution in [2.75, 3.05) is 57.4 Å². The van der Waals surface area contributed by atoms with E-state index in [2.05, 4.69) is 52.3 Å². The molecule has 1 aromatic heterocycles. The molecular weight excluding hydrogens is 515 g/mol. The van der Waals surface area contributed by atoms with Gasteiger partial charge in [-0.2, -0.15) is 0 Å². The lowest BCUT2D eigenvalue weighted by atomic mass is 10.0.